The summed E-state index contributed by atoms with van der Waals surface area (Å²) in [4.78, 5) is 14.1. The van der Waals surface area contributed by atoms with E-state index < -0.39 is 0 Å². The zero-order chi connectivity index (χ0) is 21.1. The molecule has 3 aromatic heterocycles. The van der Waals surface area contributed by atoms with Gasteiger partial charge in [0.1, 0.15) is 11.9 Å². The van der Waals surface area contributed by atoms with E-state index >= 15 is 0 Å². The highest BCUT2D eigenvalue weighted by atomic mass is 16.3. The van der Waals surface area contributed by atoms with E-state index in [0.717, 1.165) is 49.6 Å². The zero-order valence-corrected chi connectivity index (χ0v) is 17.7. The van der Waals surface area contributed by atoms with Crippen LogP contribution in [0.1, 0.15) is 31.0 Å². The van der Waals surface area contributed by atoms with Crippen LogP contribution in [-0.2, 0) is 0 Å². The number of aromatic nitrogens is 3. The molecule has 0 unspecified atom stereocenters. The van der Waals surface area contributed by atoms with Gasteiger partial charge in [-0.1, -0.05) is 49.7 Å². The normalized spacial score (nSPS) is 12.0. The molecule has 0 bridgehead atoms. The van der Waals surface area contributed by atoms with E-state index in [0.29, 0.717) is 11.6 Å². The van der Waals surface area contributed by atoms with Crippen molar-refractivity contribution in [3.63, 3.8) is 0 Å². The predicted octanol–water partition coefficient (Wildman–Crippen LogP) is 7.18. The van der Waals surface area contributed by atoms with Crippen molar-refractivity contribution >= 4 is 43.7 Å². The minimum absolute atomic E-state index is 0.347. The number of pyridine rings is 1. The fourth-order valence-corrected chi connectivity index (χ4v) is 4.38. The first-order valence-electron chi connectivity index (χ1n) is 10.6. The molecule has 31 heavy (non-hydrogen) atoms. The van der Waals surface area contributed by atoms with Gasteiger partial charge in [0.15, 0.2) is 0 Å². The van der Waals surface area contributed by atoms with Gasteiger partial charge in [-0.05, 0) is 48.6 Å². The van der Waals surface area contributed by atoms with Crippen LogP contribution in [0.2, 0.25) is 0 Å². The summed E-state index contributed by atoms with van der Waals surface area (Å²) in [7, 11) is 0. The molecule has 3 heterocycles. The Morgan fingerprint density at radius 3 is 2.52 bits per heavy atom. The molecule has 0 aliphatic carbocycles. The second-order valence-corrected chi connectivity index (χ2v) is 8.44. The molecule has 4 heteroatoms. The van der Waals surface area contributed by atoms with Crippen LogP contribution in [0.4, 0.5) is 0 Å². The van der Waals surface area contributed by atoms with Gasteiger partial charge in [-0.3, -0.25) is 0 Å². The Morgan fingerprint density at radius 1 is 0.806 bits per heavy atom. The highest BCUT2D eigenvalue weighted by Crippen LogP contribution is 2.38. The Balaban J connectivity index is 1.67. The maximum atomic E-state index is 6.31. The minimum atomic E-state index is 0.347. The molecule has 0 spiro atoms. The molecule has 150 valence electrons. The lowest BCUT2D eigenvalue weighted by atomic mass is 9.99. The fourth-order valence-electron chi connectivity index (χ4n) is 4.38. The van der Waals surface area contributed by atoms with E-state index in [9.17, 15) is 0 Å². The van der Waals surface area contributed by atoms with E-state index in [4.69, 9.17) is 9.40 Å². The molecule has 4 nitrogen and oxygen atoms in total. The fraction of sp³-hybridized carbons (Fsp3) is 0.148. The van der Waals surface area contributed by atoms with Crippen molar-refractivity contribution in [2.24, 2.45) is 0 Å². The van der Waals surface area contributed by atoms with Crippen LogP contribution in [0, 0.1) is 6.92 Å². The average Bonchev–Trinajstić information content (AvgIpc) is 3.16. The molecule has 0 fully saturated rings. The van der Waals surface area contributed by atoms with E-state index in [-0.39, 0.29) is 0 Å². The van der Waals surface area contributed by atoms with Gasteiger partial charge in [0.25, 0.3) is 0 Å². The Hall–Kier alpha value is -3.79. The van der Waals surface area contributed by atoms with Crippen molar-refractivity contribution in [3.8, 4) is 11.3 Å². The summed E-state index contributed by atoms with van der Waals surface area (Å²) < 4.78 is 6.31. The summed E-state index contributed by atoms with van der Waals surface area (Å²) in [6.07, 6.45) is 1.65. The van der Waals surface area contributed by atoms with Crippen molar-refractivity contribution in [1.82, 2.24) is 15.0 Å². The van der Waals surface area contributed by atoms with Crippen LogP contribution >= 0.6 is 0 Å². The molecular formula is C27H21N3O. The number of fused-ring (bicyclic) bond motifs is 6. The smallest absolute Gasteiger partial charge is 0.227 e. The number of aryl methyl sites for hydroxylation is 1. The standard InChI is InChI=1S/C27H21N3O/c1-15(2)23-12-11-19-18-5-4-6-21(26(18)31-27(19)30-23)24-20-10-9-17-8-7-16(3)13-22(17)25(20)29-14-28-24/h4-15H,1-3H3. The van der Waals surface area contributed by atoms with Crippen molar-refractivity contribution < 1.29 is 4.42 Å². The maximum absolute atomic E-state index is 6.31. The molecule has 0 N–H and O–H groups in total. The SMILES string of the molecule is Cc1ccc2ccc3c(-c4cccc5c4oc4nc(C(C)C)ccc45)ncnc3c2c1. The third-order valence-electron chi connectivity index (χ3n) is 6.01. The van der Waals surface area contributed by atoms with Crippen LogP contribution in [0.3, 0.4) is 0 Å². The van der Waals surface area contributed by atoms with Crippen LogP contribution in [0.5, 0.6) is 0 Å². The van der Waals surface area contributed by atoms with Gasteiger partial charge in [-0.2, -0.15) is 0 Å². The number of hydrogen-bond donors (Lipinski definition) is 0. The molecule has 0 atom stereocenters. The first-order valence-corrected chi connectivity index (χ1v) is 10.6. The second-order valence-electron chi connectivity index (χ2n) is 8.44. The molecule has 0 saturated heterocycles. The van der Waals surface area contributed by atoms with Gasteiger partial charge in [-0.25, -0.2) is 15.0 Å². The van der Waals surface area contributed by atoms with Crippen molar-refractivity contribution in [2.75, 3.05) is 0 Å². The number of hydrogen-bond acceptors (Lipinski definition) is 4. The Kier molecular flexibility index (Phi) is 3.84. The third-order valence-corrected chi connectivity index (χ3v) is 6.01. The molecule has 0 radical (unpaired) electrons. The molecule has 6 aromatic rings. The third kappa shape index (κ3) is 2.72. The Morgan fingerprint density at radius 2 is 1.65 bits per heavy atom. The quantitative estimate of drug-likeness (QED) is 0.287. The summed E-state index contributed by atoms with van der Waals surface area (Å²) in [6.45, 7) is 6.39. The van der Waals surface area contributed by atoms with Crippen LogP contribution in [0.15, 0.2) is 71.4 Å². The first-order chi connectivity index (χ1) is 15.1. The average molecular weight is 403 g/mol. The summed E-state index contributed by atoms with van der Waals surface area (Å²) >= 11 is 0. The molecule has 6 rings (SSSR count). The number of rotatable bonds is 2. The van der Waals surface area contributed by atoms with E-state index in [1.807, 2.05) is 0 Å². The summed E-state index contributed by atoms with van der Waals surface area (Å²) in [5, 5.41) is 5.42. The Bertz CT molecular complexity index is 1630. The van der Waals surface area contributed by atoms with Crippen LogP contribution in [-0.4, -0.2) is 15.0 Å². The number of benzene rings is 3. The molecule has 0 aliphatic rings. The number of furan rings is 1. The van der Waals surface area contributed by atoms with Crippen LogP contribution < -0.4 is 0 Å². The van der Waals surface area contributed by atoms with Crippen molar-refractivity contribution in [2.45, 2.75) is 26.7 Å². The zero-order valence-electron chi connectivity index (χ0n) is 17.7. The van der Waals surface area contributed by atoms with Crippen molar-refractivity contribution in [1.29, 1.82) is 0 Å². The van der Waals surface area contributed by atoms with Gasteiger partial charge >= 0.3 is 0 Å². The van der Waals surface area contributed by atoms with Gasteiger partial charge in [-0.15, -0.1) is 0 Å². The lowest BCUT2D eigenvalue weighted by Gasteiger charge is -2.09. The summed E-state index contributed by atoms with van der Waals surface area (Å²) in [6, 6.07) is 21.1. The predicted molar refractivity (Wildman–Crippen MR) is 126 cm³/mol. The highest BCUT2D eigenvalue weighted by Gasteiger charge is 2.17. The van der Waals surface area contributed by atoms with E-state index in [1.165, 1.54) is 10.9 Å². The van der Waals surface area contributed by atoms with Gasteiger partial charge < -0.3 is 4.42 Å². The monoisotopic (exact) mass is 403 g/mol. The maximum Gasteiger partial charge on any atom is 0.227 e. The van der Waals surface area contributed by atoms with Gasteiger partial charge in [0.05, 0.1) is 11.2 Å². The summed E-state index contributed by atoms with van der Waals surface area (Å²) in [5.41, 5.74) is 6.53. The second kappa shape index (κ2) is 6.61. The largest absolute Gasteiger partial charge is 0.437 e. The topological polar surface area (TPSA) is 51.8 Å². The highest BCUT2D eigenvalue weighted by molar-refractivity contribution is 6.13. The molecule has 0 amide bonds. The van der Waals surface area contributed by atoms with Crippen LogP contribution in [0.25, 0.3) is 55.0 Å². The molecule has 0 saturated carbocycles. The van der Waals surface area contributed by atoms with E-state index in [1.54, 1.807) is 6.33 Å². The minimum Gasteiger partial charge on any atom is -0.437 e. The number of nitrogens with zero attached hydrogens (tertiary/aromatic N) is 3. The molecule has 0 aliphatic heterocycles. The number of para-hydroxylation sites is 1. The van der Waals surface area contributed by atoms with E-state index in [2.05, 4.69) is 91.4 Å². The lowest BCUT2D eigenvalue weighted by Crippen LogP contribution is -1.91. The van der Waals surface area contributed by atoms with Gasteiger partial charge in [0.2, 0.25) is 5.71 Å². The molecular weight excluding hydrogens is 382 g/mol. The summed E-state index contributed by atoms with van der Waals surface area (Å²) in [5.74, 6) is 0.347. The lowest BCUT2D eigenvalue weighted by molar-refractivity contribution is 0.648. The van der Waals surface area contributed by atoms with Gasteiger partial charge in [0, 0.05) is 32.8 Å². The first kappa shape index (κ1) is 18.0. The Labute approximate surface area is 179 Å². The van der Waals surface area contributed by atoms with Crippen molar-refractivity contribution in [3.05, 3.63) is 78.2 Å². The molecule has 3 aromatic carbocycles.